The smallest absolute Gasteiger partial charge is 0.225 e. The van der Waals surface area contributed by atoms with Gasteiger partial charge in [0.1, 0.15) is 0 Å². The van der Waals surface area contributed by atoms with E-state index in [9.17, 15) is 4.79 Å². The molecule has 1 aliphatic carbocycles. The van der Waals surface area contributed by atoms with E-state index in [0.29, 0.717) is 6.54 Å². The third-order valence-corrected chi connectivity index (χ3v) is 2.67. The lowest BCUT2D eigenvalue weighted by Crippen LogP contribution is -2.43. The second-order valence-corrected chi connectivity index (χ2v) is 3.81. The first kappa shape index (κ1) is 9.52. The molecule has 1 aliphatic rings. The van der Waals surface area contributed by atoms with Crippen LogP contribution in [0.25, 0.3) is 0 Å². The van der Waals surface area contributed by atoms with Gasteiger partial charge in [-0.05, 0) is 25.8 Å². The molecule has 0 aromatic rings. The van der Waals surface area contributed by atoms with Crippen LogP contribution < -0.4 is 11.1 Å². The Labute approximate surface area is 73.7 Å². The van der Waals surface area contributed by atoms with Crippen molar-refractivity contribution in [1.82, 2.24) is 5.32 Å². The van der Waals surface area contributed by atoms with Gasteiger partial charge in [0.05, 0.1) is 0 Å². The van der Waals surface area contributed by atoms with Gasteiger partial charge < -0.3 is 11.1 Å². The molecule has 70 valence electrons. The largest absolute Gasteiger partial charge is 0.356 e. The van der Waals surface area contributed by atoms with Gasteiger partial charge in [-0.15, -0.1) is 0 Å². The number of hydrogen-bond donors (Lipinski definition) is 2. The van der Waals surface area contributed by atoms with Gasteiger partial charge in [0, 0.05) is 12.0 Å². The first-order valence-electron chi connectivity index (χ1n) is 4.67. The Kier molecular flexibility index (Phi) is 3.09. The van der Waals surface area contributed by atoms with Gasteiger partial charge in [-0.1, -0.05) is 13.3 Å². The molecule has 0 spiro atoms. The number of rotatable bonds is 4. The zero-order valence-electron chi connectivity index (χ0n) is 7.73. The predicted octanol–water partition coefficient (Wildman–Crippen LogP) is 0.642. The summed E-state index contributed by atoms with van der Waals surface area (Å²) in [5.41, 5.74) is 5.26. The van der Waals surface area contributed by atoms with E-state index < -0.39 is 0 Å². The lowest BCUT2D eigenvalue weighted by Gasteiger charge is -2.36. The van der Waals surface area contributed by atoms with Gasteiger partial charge in [-0.2, -0.15) is 0 Å². The Bertz CT molecular complexity index is 164. The summed E-state index contributed by atoms with van der Waals surface area (Å²) in [4.78, 5) is 11.5. The molecule has 1 rings (SSSR count). The molecule has 0 unspecified atom stereocenters. The van der Waals surface area contributed by atoms with E-state index in [1.165, 1.54) is 6.42 Å². The quantitative estimate of drug-likeness (QED) is 0.608. The molecule has 0 atom stereocenters. The van der Waals surface area contributed by atoms with Crippen LogP contribution in [0.2, 0.25) is 0 Å². The lowest BCUT2D eigenvalue weighted by atomic mass is 9.70. The third-order valence-electron chi connectivity index (χ3n) is 2.67. The Balaban J connectivity index is 2.19. The van der Waals surface area contributed by atoms with Crippen molar-refractivity contribution in [2.45, 2.75) is 32.6 Å². The minimum Gasteiger partial charge on any atom is -0.356 e. The van der Waals surface area contributed by atoms with Crippen molar-refractivity contribution in [2.24, 2.45) is 11.1 Å². The van der Waals surface area contributed by atoms with Gasteiger partial charge in [-0.25, -0.2) is 0 Å². The maximum Gasteiger partial charge on any atom is 0.225 e. The van der Waals surface area contributed by atoms with Gasteiger partial charge in [0.15, 0.2) is 0 Å². The summed E-state index contributed by atoms with van der Waals surface area (Å²) in [7, 11) is 0. The summed E-state index contributed by atoms with van der Waals surface area (Å²) in [5.74, 6) is 0.210. The molecule has 1 fully saturated rings. The fraction of sp³-hybridized carbons (Fsp3) is 0.889. The molecule has 1 amide bonds. The molecule has 0 aromatic carbocycles. The van der Waals surface area contributed by atoms with Crippen molar-refractivity contribution in [2.75, 3.05) is 13.1 Å². The minimum absolute atomic E-state index is 0.0609. The average molecular weight is 170 g/mol. The molecule has 0 aromatic heterocycles. The second kappa shape index (κ2) is 3.90. The highest BCUT2D eigenvalue weighted by Crippen LogP contribution is 2.40. The first-order chi connectivity index (χ1) is 5.69. The molecule has 0 radical (unpaired) electrons. The van der Waals surface area contributed by atoms with Crippen molar-refractivity contribution in [3.63, 3.8) is 0 Å². The van der Waals surface area contributed by atoms with Crippen LogP contribution in [0.3, 0.4) is 0 Å². The van der Waals surface area contributed by atoms with Crippen LogP contribution in [0.4, 0.5) is 0 Å². The Morgan fingerprint density at radius 2 is 2.25 bits per heavy atom. The first-order valence-corrected chi connectivity index (χ1v) is 4.67. The highest BCUT2D eigenvalue weighted by molar-refractivity contribution is 5.82. The van der Waals surface area contributed by atoms with Crippen molar-refractivity contribution < 1.29 is 4.79 Å². The van der Waals surface area contributed by atoms with Crippen molar-refractivity contribution in [3.05, 3.63) is 0 Å². The zero-order chi connectivity index (χ0) is 9.03. The van der Waals surface area contributed by atoms with Crippen molar-refractivity contribution in [3.8, 4) is 0 Å². The number of carbonyl (C=O) groups excluding carboxylic acids is 1. The van der Waals surface area contributed by atoms with E-state index in [4.69, 9.17) is 5.73 Å². The summed E-state index contributed by atoms with van der Waals surface area (Å²) >= 11 is 0. The van der Waals surface area contributed by atoms with E-state index in [1.54, 1.807) is 0 Å². The molecule has 0 bridgehead atoms. The number of carbonyl (C=O) groups is 1. The van der Waals surface area contributed by atoms with Crippen LogP contribution in [0.1, 0.15) is 32.6 Å². The Morgan fingerprint density at radius 3 is 2.67 bits per heavy atom. The maximum absolute atomic E-state index is 11.5. The number of hydrogen-bond acceptors (Lipinski definition) is 2. The zero-order valence-corrected chi connectivity index (χ0v) is 7.73. The fourth-order valence-corrected chi connectivity index (χ4v) is 1.45. The Morgan fingerprint density at radius 1 is 1.58 bits per heavy atom. The monoisotopic (exact) mass is 170 g/mol. The summed E-state index contributed by atoms with van der Waals surface area (Å²) in [6.07, 6.45) is 4.16. The van der Waals surface area contributed by atoms with Gasteiger partial charge in [0.2, 0.25) is 5.91 Å². The Hall–Kier alpha value is -0.570. The fourth-order valence-electron chi connectivity index (χ4n) is 1.45. The second-order valence-electron chi connectivity index (χ2n) is 3.81. The third kappa shape index (κ3) is 1.97. The molecular formula is C9H18N2O. The number of nitrogens with two attached hydrogens (primary N) is 1. The van der Waals surface area contributed by atoms with E-state index in [1.807, 2.05) is 6.92 Å². The summed E-state index contributed by atoms with van der Waals surface area (Å²) in [6, 6.07) is 0. The molecule has 1 saturated carbocycles. The molecule has 0 aliphatic heterocycles. The molecule has 0 saturated heterocycles. The summed E-state index contributed by atoms with van der Waals surface area (Å²) in [6.45, 7) is 3.41. The normalized spacial score (nSPS) is 19.8. The van der Waals surface area contributed by atoms with Gasteiger partial charge >= 0.3 is 0 Å². The summed E-state index contributed by atoms with van der Waals surface area (Å²) in [5, 5.41) is 2.91. The SMILES string of the molecule is CC1(C(=O)NCCCN)CCC1. The molecule has 3 nitrogen and oxygen atoms in total. The molecule has 3 heteroatoms. The van der Waals surface area contributed by atoms with E-state index in [0.717, 1.165) is 25.8 Å². The summed E-state index contributed by atoms with van der Waals surface area (Å²) < 4.78 is 0. The molecule has 0 heterocycles. The molecule has 3 N–H and O–H groups in total. The standard InChI is InChI=1S/C9H18N2O/c1-9(4-2-5-9)8(12)11-7-3-6-10/h2-7,10H2,1H3,(H,11,12). The number of nitrogens with one attached hydrogen (secondary N) is 1. The lowest BCUT2D eigenvalue weighted by molar-refractivity contribution is -0.134. The molecule has 12 heavy (non-hydrogen) atoms. The van der Waals surface area contributed by atoms with Crippen molar-refractivity contribution >= 4 is 5.91 Å². The van der Waals surface area contributed by atoms with Crippen molar-refractivity contribution in [1.29, 1.82) is 0 Å². The van der Waals surface area contributed by atoms with Gasteiger partial charge in [0.25, 0.3) is 0 Å². The van der Waals surface area contributed by atoms with Crippen LogP contribution >= 0.6 is 0 Å². The van der Waals surface area contributed by atoms with Crippen LogP contribution in [0, 0.1) is 5.41 Å². The average Bonchev–Trinajstić information content (AvgIpc) is 2.00. The topological polar surface area (TPSA) is 55.1 Å². The van der Waals surface area contributed by atoms with Crippen LogP contribution in [-0.2, 0) is 4.79 Å². The highest BCUT2D eigenvalue weighted by atomic mass is 16.2. The van der Waals surface area contributed by atoms with E-state index in [-0.39, 0.29) is 11.3 Å². The van der Waals surface area contributed by atoms with E-state index >= 15 is 0 Å². The maximum atomic E-state index is 11.5. The van der Waals surface area contributed by atoms with Crippen LogP contribution in [0.5, 0.6) is 0 Å². The van der Waals surface area contributed by atoms with Crippen LogP contribution in [0.15, 0.2) is 0 Å². The minimum atomic E-state index is -0.0609. The van der Waals surface area contributed by atoms with Crippen LogP contribution in [-0.4, -0.2) is 19.0 Å². The predicted molar refractivity (Wildman–Crippen MR) is 48.6 cm³/mol. The highest BCUT2D eigenvalue weighted by Gasteiger charge is 2.38. The number of amides is 1. The van der Waals surface area contributed by atoms with Gasteiger partial charge in [-0.3, -0.25) is 4.79 Å². The van der Waals surface area contributed by atoms with E-state index in [2.05, 4.69) is 5.32 Å². The molecular weight excluding hydrogens is 152 g/mol.